The van der Waals surface area contributed by atoms with Crippen LogP contribution in [-0.4, -0.2) is 40.5 Å². The van der Waals surface area contributed by atoms with E-state index in [4.69, 9.17) is 9.94 Å². The van der Waals surface area contributed by atoms with E-state index in [0.29, 0.717) is 17.0 Å². The summed E-state index contributed by atoms with van der Waals surface area (Å²) in [6, 6.07) is 16.6. The van der Waals surface area contributed by atoms with Crippen LogP contribution in [-0.2, 0) is 9.59 Å². The van der Waals surface area contributed by atoms with E-state index < -0.39 is 29.9 Å². The van der Waals surface area contributed by atoms with Crippen molar-refractivity contribution in [3.8, 4) is 5.75 Å². The molecule has 0 aliphatic rings. The number of carboxylic acid groups (broad SMARTS) is 1. The van der Waals surface area contributed by atoms with Gasteiger partial charge in [-0.15, -0.1) is 0 Å². The minimum Gasteiger partial charge on any atom is -0.481 e. The number of nitrogens with zero attached hydrogens (tertiary/aromatic N) is 1. The molecule has 2 aromatic carbocycles. The lowest BCUT2D eigenvalue weighted by atomic mass is 10.1. The highest BCUT2D eigenvalue weighted by Gasteiger charge is 2.19. The summed E-state index contributed by atoms with van der Waals surface area (Å²) in [5.41, 5.74) is 3.29. The number of aromatic nitrogens is 1. The van der Waals surface area contributed by atoms with E-state index in [2.05, 4.69) is 26.4 Å². The van der Waals surface area contributed by atoms with Gasteiger partial charge >= 0.3 is 12.0 Å². The van der Waals surface area contributed by atoms with Crippen molar-refractivity contribution in [2.24, 2.45) is 0 Å². The number of para-hydroxylation sites is 1. The van der Waals surface area contributed by atoms with E-state index in [1.165, 1.54) is 24.5 Å². The normalized spacial score (nSPS) is 11.0. The van der Waals surface area contributed by atoms with Gasteiger partial charge in [0.05, 0.1) is 19.0 Å². The molecule has 0 spiro atoms. The van der Waals surface area contributed by atoms with E-state index in [9.17, 15) is 19.2 Å². The first-order valence-electron chi connectivity index (χ1n) is 10.5. The molecule has 5 N–H and O–H groups in total. The molecule has 0 radical (unpaired) electrons. The van der Waals surface area contributed by atoms with Crippen molar-refractivity contribution >= 4 is 29.5 Å². The molecule has 0 fully saturated rings. The molecule has 1 atom stereocenters. The Labute approximate surface area is 200 Å². The number of urea groups is 1. The van der Waals surface area contributed by atoms with Gasteiger partial charge in [0.25, 0.3) is 5.91 Å². The number of hydrogen-bond acceptors (Lipinski definition) is 6. The van der Waals surface area contributed by atoms with Crippen LogP contribution in [0.3, 0.4) is 0 Å². The third kappa shape index (κ3) is 8.17. The Balaban J connectivity index is 1.51. The number of carbonyl (C=O) groups is 4. The van der Waals surface area contributed by atoms with Crippen LogP contribution in [0.2, 0.25) is 0 Å². The molecule has 1 heterocycles. The molecule has 11 heteroatoms. The Morgan fingerprint density at radius 1 is 0.971 bits per heavy atom. The molecule has 11 nitrogen and oxygen atoms in total. The van der Waals surface area contributed by atoms with Gasteiger partial charge in [-0.1, -0.05) is 30.3 Å². The summed E-state index contributed by atoms with van der Waals surface area (Å²) in [4.78, 5) is 57.1. The molecule has 1 unspecified atom stereocenters. The molecule has 180 valence electrons. The van der Waals surface area contributed by atoms with Crippen LogP contribution in [0.1, 0.15) is 28.4 Å². The fraction of sp³-hybridized carbons (Fsp3) is 0.125. The molecule has 3 aromatic rings. The third-order valence-electron chi connectivity index (χ3n) is 4.60. The average molecular weight is 477 g/mol. The monoisotopic (exact) mass is 477 g/mol. The summed E-state index contributed by atoms with van der Waals surface area (Å²) in [5, 5.41) is 16.7. The zero-order valence-corrected chi connectivity index (χ0v) is 18.4. The largest absolute Gasteiger partial charge is 0.481 e. The number of rotatable bonds is 10. The number of pyridine rings is 1. The van der Waals surface area contributed by atoms with Crippen LogP contribution in [0.5, 0.6) is 5.75 Å². The van der Waals surface area contributed by atoms with Crippen molar-refractivity contribution in [2.45, 2.75) is 12.5 Å². The minimum atomic E-state index is -1.09. The molecule has 4 amide bonds. The Bertz CT molecular complexity index is 1170. The van der Waals surface area contributed by atoms with Crippen LogP contribution in [0, 0.1) is 0 Å². The van der Waals surface area contributed by atoms with Crippen LogP contribution < -0.4 is 26.3 Å². The second-order valence-corrected chi connectivity index (χ2v) is 7.24. The summed E-state index contributed by atoms with van der Waals surface area (Å²) < 4.78 is 0. The topological polar surface area (TPSA) is 159 Å². The maximum absolute atomic E-state index is 12.5. The fourth-order valence-electron chi connectivity index (χ4n) is 3.01. The number of benzene rings is 2. The Kier molecular flexibility index (Phi) is 8.72. The molecular weight excluding hydrogens is 454 g/mol. The standard InChI is InChI=1S/C24H23N5O6/c30-21(28-20(13-22(31)32)17-7-5-11-25-14-17)15-26-23(33)16-6-4-8-18(12-16)27-24(34)29-35-19-9-2-1-3-10-19/h1-12,14,20H,13,15H2,(H,26,33)(H,28,30)(H,31,32)(H2,27,29,34). The molecule has 0 aliphatic carbocycles. The summed E-state index contributed by atoms with van der Waals surface area (Å²) in [6.07, 6.45) is 2.66. The molecule has 0 aliphatic heterocycles. The van der Waals surface area contributed by atoms with E-state index in [-0.39, 0.29) is 18.5 Å². The Hall–Kier alpha value is -4.93. The lowest BCUT2D eigenvalue weighted by molar-refractivity contribution is -0.137. The highest BCUT2D eigenvalue weighted by Crippen LogP contribution is 2.15. The number of hydroxylamine groups is 1. The molecular formula is C24H23N5O6. The number of amides is 4. The molecule has 3 rings (SSSR count). The van der Waals surface area contributed by atoms with E-state index in [1.807, 2.05) is 6.07 Å². The van der Waals surface area contributed by atoms with Crippen molar-refractivity contribution in [3.05, 3.63) is 90.3 Å². The number of nitrogens with one attached hydrogen (secondary N) is 4. The summed E-state index contributed by atoms with van der Waals surface area (Å²) >= 11 is 0. The van der Waals surface area contributed by atoms with Crippen LogP contribution in [0.25, 0.3) is 0 Å². The van der Waals surface area contributed by atoms with Crippen LogP contribution >= 0.6 is 0 Å². The first-order valence-corrected chi connectivity index (χ1v) is 10.5. The average Bonchev–Trinajstić information content (AvgIpc) is 2.86. The van der Waals surface area contributed by atoms with E-state index in [1.54, 1.807) is 48.5 Å². The zero-order valence-electron chi connectivity index (χ0n) is 18.4. The predicted octanol–water partition coefficient (Wildman–Crippen LogP) is 2.26. The number of anilines is 1. The second kappa shape index (κ2) is 12.3. The number of hydrogen-bond donors (Lipinski definition) is 5. The molecule has 0 saturated heterocycles. The molecule has 0 saturated carbocycles. The summed E-state index contributed by atoms with van der Waals surface area (Å²) in [7, 11) is 0. The lowest BCUT2D eigenvalue weighted by Gasteiger charge is -2.17. The van der Waals surface area contributed by atoms with Gasteiger partial charge in [0.15, 0.2) is 5.75 Å². The van der Waals surface area contributed by atoms with Crippen molar-refractivity contribution in [2.75, 3.05) is 11.9 Å². The minimum absolute atomic E-state index is 0.203. The van der Waals surface area contributed by atoms with Gasteiger partial charge in [-0.3, -0.25) is 19.4 Å². The first kappa shape index (κ1) is 24.7. The highest BCUT2D eigenvalue weighted by molar-refractivity contribution is 5.98. The van der Waals surface area contributed by atoms with Crippen molar-refractivity contribution in [3.63, 3.8) is 0 Å². The number of carboxylic acids is 1. The summed E-state index contributed by atoms with van der Waals surface area (Å²) in [6.45, 7) is -0.377. The smallest absolute Gasteiger partial charge is 0.352 e. The van der Waals surface area contributed by atoms with Gasteiger partial charge in [-0.25, -0.2) is 4.79 Å². The van der Waals surface area contributed by atoms with Gasteiger partial charge in [0, 0.05) is 23.6 Å². The van der Waals surface area contributed by atoms with Crippen molar-refractivity contribution in [1.82, 2.24) is 21.1 Å². The third-order valence-corrected chi connectivity index (χ3v) is 4.60. The van der Waals surface area contributed by atoms with Crippen LogP contribution in [0.4, 0.5) is 10.5 Å². The van der Waals surface area contributed by atoms with Gasteiger partial charge < -0.3 is 25.9 Å². The van der Waals surface area contributed by atoms with Gasteiger partial charge in [0.1, 0.15) is 0 Å². The van der Waals surface area contributed by atoms with Crippen molar-refractivity contribution < 1.29 is 29.1 Å². The number of carbonyl (C=O) groups excluding carboxylic acids is 3. The SMILES string of the molecule is O=C(O)CC(NC(=O)CNC(=O)c1cccc(NC(=O)NOc2ccccc2)c1)c1cccnc1. The quantitative estimate of drug-likeness (QED) is 0.280. The maximum atomic E-state index is 12.5. The predicted molar refractivity (Wildman–Crippen MR) is 125 cm³/mol. The summed E-state index contributed by atoms with van der Waals surface area (Å²) in [5.74, 6) is -1.77. The van der Waals surface area contributed by atoms with Gasteiger partial charge in [-0.05, 0) is 42.0 Å². The van der Waals surface area contributed by atoms with Crippen LogP contribution in [0.15, 0.2) is 79.1 Å². The van der Waals surface area contributed by atoms with Crippen molar-refractivity contribution in [1.29, 1.82) is 0 Å². The second-order valence-electron chi connectivity index (χ2n) is 7.24. The fourth-order valence-corrected chi connectivity index (χ4v) is 3.01. The number of aliphatic carboxylic acids is 1. The molecule has 0 bridgehead atoms. The first-order chi connectivity index (χ1) is 16.9. The zero-order chi connectivity index (χ0) is 25.0. The van der Waals surface area contributed by atoms with E-state index in [0.717, 1.165) is 0 Å². The van der Waals surface area contributed by atoms with Gasteiger partial charge in [0.2, 0.25) is 5.91 Å². The maximum Gasteiger partial charge on any atom is 0.352 e. The Morgan fingerprint density at radius 2 is 1.77 bits per heavy atom. The van der Waals surface area contributed by atoms with E-state index >= 15 is 0 Å². The molecule has 35 heavy (non-hydrogen) atoms. The molecule has 1 aromatic heterocycles. The highest BCUT2D eigenvalue weighted by atomic mass is 16.7. The van der Waals surface area contributed by atoms with Gasteiger partial charge in [-0.2, -0.15) is 5.48 Å². The Morgan fingerprint density at radius 3 is 2.49 bits per heavy atom. The lowest BCUT2D eigenvalue weighted by Crippen LogP contribution is -2.39.